The molecule has 0 saturated heterocycles. The maximum absolute atomic E-state index is 11.8. The fourth-order valence-corrected chi connectivity index (χ4v) is 1.71. The van der Waals surface area contributed by atoms with Gasteiger partial charge in [-0.2, -0.15) is 0 Å². The zero-order chi connectivity index (χ0) is 15.0. The number of rotatable bonds is 9. The molecule has 2 N–H and O–H groups in total. The molecule has 6 heteroatoms. The van der Waals surface area contributed by atoms with Crippen LogP contribution in [-0.2, 0) is 16.1 Å². The lowest BCUT2D eigenvalue weighted by molar-refractivity contribution is -0.142. The smallest absolute Gasteiger partial charge is 0.307 e. The van der Waals surface area contributed by atoms with Gasteiger partial charge in [0, 0.05) is 13.1 Å². The van der Waals surface area contributed by atoms with E-state index in [1.165, 1.54) is 0 Å². The Hall–Kier alpha value is -2.08. The third kappa shape index (κ3) is 5.71. The molecule has 6 nitrogen and oxygen atoms in total. The minimum absolute atomic E-state index is 0.129. The first-order valence-corrected chi connectivity index (χ1v) is 6.38. The Morgan fingerprint density at radius 1 is 1.60 bits per heavy atom. The molecule has 0 bridgehead atoms. The molecule has 0 aliphatic rings. The van der Waals surface area contributed by atoms with Gasteiger partial charge in [0.2, 0.25) is 5.91 Å². The number of carboxylic acids is 1. The van der Waals surface area contributed by atoms with Gasteiger partial charge in [0.15, 0.2) is 0 Å². The van der Waals surface area contributed by atoms with Crippen molar-refractivity contribution in [2.24, 2.45) is 5.92 Å². The molecule has 1 unspecified atom stereocenters. The van der Waals surface area contributed by atoms with Gasteiger partial charge in [-0.15, -0.1) is 6.58 Å². The molecule has 1 atom stereocenters. The number of hydrogen-bond acceptors (Lipinski definition) is 4. The van der Waals surface area contributed by atoms with Crippen LogP contribution in [0.2, 0.25) is 0 Å². The van der Waals surface area contributed by atoms with Crippen LogP contribution in [0.1, 0.15) is 12.7 Å². The largest absolute Gasteiger partial charge is 0.481 e. The maximum Gasteiger partial charge on any atom is 0.307 e. The zero-order valence-electron chi connectivity index (χ0n) is 11.5. The first-order chi connectivity index (χ1) is 9.52. The third-order valence-corrected chi connectivity index (χ3v) is 2.75. The molecule has 1 amide bonds. The highest BCUT2D eigenvalue weighted by Gasteiger charge is 2.17. The number of hydrogen-bond donors (Lipinski definition) is 2. The summed E-state index contributed by atoms with van der Waals surface area (Å²) in [6.07, 6.45) is 3.19. The van der Waals surface area contributed by atoms with Crippen LogP contribution >= 0.6 is 0 Å². The standard InChI is InChI=1S/C14H20N2O4/c1-3-6-16(9-11(2)14(18)19)10-13(17)15-8-12-5-4-7-20-12/h3-5,7,11H,1,6,8-10H2,2H3,(H,15,17)(H,18,19). The third-order valence-electron chi connectivity index (χ3n) is 2.75. The Kier molecular flexibility index (Phi) is 6.52. The Labute approximate surface area is 118 Å². The van der Waals surface area contributed by atoms with Gasteiger partial charge in [-0.1, -0.05) is 13.0 Å². The van der Waals surface area contributed by atoms with Crippen LogP contribution in [0.3, 0.4) is 0 Å². The Balaban J connectivity index is 2.41. The highest BCUT2D eigenvalue weighted by atomic mass is 16.4. The van der Waals surface area contributed by atoms with E-state index in [9.17, 15) is 9.59 Å². The van der Waals surface area contributed by atoms with E-state index in [-0.39, 0.29) is 12.5 Å². The average Bonchev–Trinajstić information content (AvgIpc) is 2.89. The molecule has 110 valence electrons. The second-order valence-electron chi connectivity index (χ2n) is 4.58. The molecule has 0 saturated carbocycles. The monoisotopic (exact) mass is 280 g/mol. The van der Waals surface area contributed by atoms with Crippen LogP contribution in [0.15, 0.2) is 35.5 Å². The number of aliphatic carboxylic acids is 1. The summed E-state index contributed by atoms with van der Waals surface area (Å²) in [6.45, 7) is 6.44. The zero-order valence-corrected chi connectivity index (χ0v) is 11.5. The van der Waals surface area contributed by atoms with Crippen LogP contribution in [-0.4, -0.2) is 41.5 Å². The highest BCUT2D eigenvalue weighted by Crippen LogP contribution is 2.01. The predicted molar refractivity (Wildman–Crippen MR) is 74.0 cm³/mol. The van der Waals surface area contributed by atoms with Gasteiger partial charge >= 0.3 is 5.97 Å². The molecule has 0 fully saturated rings. The van der Waals surface area contributed by atoms with Crippen molar-refractivity contribution in [3.8, 4) is 0 Å². The number of carbonyl (C=O) groups excluding carboxylic acids is 1. The van der Waals surface area contributed by atoms with Crippen molar-refractivity contribution < 1.29 is 19.1 Å². The van der Waals surface area contributed by atoms with Gasteiger partial charge in [0.05, 0.1) is 25.3 Å². The van der Waals surface area contributed by atoms with Crippen LogP contribution in [0, 0.1) is 5.92 Å². The minimum atomic E-state index is -0.880. The lowest BCUT2D eigenvalue weighted by Crippen LogP contribution is -2.40. The summed E-state index contributed by atoms with van der Waals surface area (Å²) in [5.41, 5.74) is 0. The van der Waals surface area contributed by atoms with Crippen molar-refractivity contribution >= 4 is 11.9 Å². The van der Waals surface area contributed by atoms with E-state index in [2.05, 4.69) is 11.9 Å². The van der Waals surface area contributed by atoms with Gasteiger partial charge in [0.1, 0.15) is 5.76 Å². The first kappa shape index (κ1) is 16.0. The van der Waals surface area contributed by atoms with Gasteiger partial charge in [-0.3, -0.25) is 14.5 Å². The van der Waals surface area contributed by atoms with Crippen LogP contribution in [0.25, 0.3) is 0 Å². The van der Waals surface area contributed by atoms with Crippen molar-refractivity contribution in [2.45, 2.75) is 13.5 Å². The summed E-state index contributed by atoms with van der Waals surface area (Å²) in [5.74, 6) is -0.920. The van der Waals surface area contributed by atoms with Crippen molar-refractivity contribution in [3.63, 3.8) is 0 Å². The van der Waals surface area contributed by atoms with E-state index in [1.807, 2.05) is 0 Å². The second-order valence-corrected chi connectivity index (χ2v) is 4.58. The van der Waals surface area contributed by atoms with Crippen LogP contribution in [0.4, 0.5) is 0 Å². The summed E-state index contributed by atoms with van der Waals surface area (Å²) in [7, 11) is 0. The molecule has 0 aliphatic carbocycles. The summed E-state index contributed by atoms with van der Waals surface area (Å²) in [6, 6.07) is 3.52. The fraction of sp³-hybridized carbons (Fsp3) is 0.429. The number of carbonyl (C=O) groups is 2. The number of carboxylic acid groups (broad SMARTS) is 1. The van der Waals surface area contributed by atoms with E-state index in [1.54, 1.807) is 36.3 Å². The fourth-order valence-electron chi connectivity index (χ4n) is 1.71. The molecule has 1 heterocycles. The highest BCUT2D eigenvalue weighted by molar-refractivity contribution is 5.78. The molecule has 20 heavy (non-hydrogen) atoms. The Morgan fingerprint density at radius 3 is 2.90 bits per heavy atom. The molecule has 1 aromatic rings. The number of amides is 1. The summed E-state index contributed by atoms with van der Waals surface area (Å²) >= 11 is 0. The molecule has 0 spiro atoms. The molecular formula is C14H20N2O4. The predicted octanol–water partition coefficient (Wildman–Crippen LogP) is 1.10. The van der Waals surface area contributed by atoms with Crippen molar-refractivity contribution in [3.05, 3.63) is 36.8 Å². The quantitative estimate of drug-likeness (QED) is 0.662. The Morgan fingerprint density at radius 2 is 2.35 bits per heavy atom. The number of nitrogens with one attached hydrogen (secondary N) is 1. The lowest BCUT2D eigenvalue weighted by atomic mass is 10.1. The molecule has 0 aliphatic heterocycles. The number of nitrogens with zero attached hydrogens (tertiary/aromatic N) is 1. The molecular weight excluding hydrogens is 260 g/mol. The maximum atomic E-state index is 11.8. The number of furan rings is 1. The summed E-state index contributed by atoms with van der Waals surface area (Å²) in [5, 5.41) is 11.6. The van der Waals surface area contributed by atoms with E-state index in [0.29, 0.717) is 25.4 Å². The first-order valence-electron chi connectivity index (χ1n) is 6.38. The summed E-state index contributed by atoms with van der Waals surface area (Å²) < 4.78 is 5.11. The molecule has 0 aromatic carbocycles. The second kappa shape index (κ2) is 8.16. The Bertz CT molecular complexity index is 442. The van der Waals surface area contributed by atoms with E-state index in [0.717, 1.165) is 0 Å². The molecule has 1 aromatic heterocycles. The van der Waals surface area contributed by atoms with Gasteiger partial charge < -0.3 is 14.8 Å². The summed E-state index contributed by atoms with van der Waals surface area (Å²) in [4.78, 5) is 24.4. The van der Waals surface area contributed by atoms with Gasteiger partial charge in [0.25, 0.3) is 0 Å². The average molecular weight is 280 g/mol. The van der Waals surface area contributed by atoms with E-state index < -0.39 is 11.9 Å². The topological polar surface area (TPSA) is 82.8 Å². The minimum Gasteiger partial charge on any atom is -0.481 e. The molecule has 0 radical (unpaired) electrons. The van der Waals surface area contributed by atoms with Gasteiger partial charge in [-0.25, -0.2) is 0 Å². The van der Waals surface area contributed by atoms with Crippen LogP contribution in [0.5, 0.6) is 0 Å². The molecule has 1 rings (SSSR count). The van der Waals surface area contributed by atoms with Gasteiger partial charge in [-0.05, 0) is 12.1 Å². The lowest BCUT2D eigenvalue weighted by Gasteiger charge is -2.21. The van der Waals surface area contributed by atoms with Crippen molar-refractivity contribution in [1.82, 2.24) is 10.2 Å². The van der Waals surface area contributed by atoms with E-state index in [4.69, 9.17) is 9.52 Å². The van der Waals surface area contributed by atoms with Crippen molar-refractivity contribution in [2.75, 3.05) is 19.6 Å². The van der Waals surface area contributed by atoms with E-state index >= 15 is 0 Å². The SMILES string of the molecule is C=CCN(CC(=O)NCc1ccco1)CC(C)C(=O)O. The normalized spacial score (nSPS) is 12.1. The van der Waals surface area contributed by atoms with Crippen LogP contribution < -0.4 is 5.32 Å². The van der Waals surface area contributed by atoms with Crippen molar-refractivity contribution in [1.29, 1.82) is 0 Å².